The molecule has 19 heavy (non-hydrogen) atoms. The van der Waals surface area contributed by atoms with Crippen molar-refractivity contribution in [3.8, 4) is 0 Å². The number of rotatable bonds is 1. The molecule has 0 bridgehead atoms. The van der Waals surface area contributed by atoms with E-state index in [1.165, 1.54) is 17.9 Å². The van der Waals surface area contributed by atoms with E-state index in [1.54, 1.807) is 0 Å². The number of thioether (sulfide) groups is 1. The highest BCUT2D eigenvalue weighted by molar-refractivity contribution is 7.99. The molecule has 110 valence electrons. The molecule has 0 radical (unpaired) electrons. The normalized spacial score (nSPS) is 33.3. The smallest absolute Gasteiger partial charge is 0.155 e. The molecule has 2 nitrogen and oxygen atoms in total. The van der Waals surface area contributed by atoms with Crippen molar-refractivity contribution in [3.05, 3.63) is 0 Å². The standard InChI is InChI=1S/C16H29NOS/c1-15(2,3)14(18)12-9-11-7-8-19-10-13(11)17(12)16(4,5)6/h11-13H,7-10H2,1-6H3. The maximum Gasteiger partial charge on any atom is 0.155 e. The SMILES string of the molecule is CC(C)(C)C(=O)C1CC2CCSCC2N1C(C)(C)C. The third-order valence-corrected chi connectivity index (χ3v) is 5.60. The van der Waals surface area contributed by atoms with Gasteiger partial charge in [0.2, 0.25) is 0 Å². The summed E-state index contributed by atoms with van der Waals surface area (Å²) in [6.45, 7) is 13.0. The second-order valence-electron chi connectivity index (χ2n) is 8.13. The van der Waals surface area contributed by atoms with Crippen LogP contribution in [0.25, 0.3) is 0 Å². The Morgan fingerprint density at radius 1 is 1.16 bits per heavy atom. The topological polar surface area (TPSA) is 20.3 Å². The minimum absolute atomic E-state index is 0.0862. The second kappa shape index (κ2) is 5.07. The Balaban J connectivity index is 2.29. The number of nitrogens with zero attached hydrogens (tertiary/aromatic N) is 1. The summed E-state index contributed by atoms with van der Waals surface area (Å²) < 4.78 is 0. The van der Waals surface area contributed by atoms with Gasteiger partial charge in [0.05, 0.1) is 6.04 Å². The summed E-state index contributed by atoms with van der Waals surface area (Å²) in [6.07, 6.45) is 2.37. The highest BCUT2D eigenvalue weighted by Crippen LogP contribution is 2.44. The van der Waals surface area contributed by atoms with Gasteiger partial charge in [-0.2, -0.15) is 11.8 Å². The fourth-order valence-corrected chi connectivity index (χ4v) is 4.99. The van der Waals surface area contributed by atoms with E-state index in [9.17, 15) is 4.79 Å². The molecule has 0 aromatic rings. The van der Waals surface area contributed by atoms with Gasteiger partial charge < -0.3 is 0 Å². The highest BCUT2D eigenvalue weighted by Gasteiger charge is 2.50. The molecule has 0 aromatic heterocycles. The van der Waals surface area contributed by atoms with Crippen LogP contribution in [0.2, 0.25) is 0 Å². The van der Waals surface area contributed by atoms with Gasteiger partial charge in [0.1, 0.15) is 0 Å². The number of carbonyl (C=O) groups excluding carboxylic acids is 1. The zero-order valence-electron chi connectivity index (χ0n) is 13.3. The Labute approximate surface area is 122 Å². The van der Waals surface area contributed by atoms with E-state index in [0.29, 0.717) is 11.8 Å². The van der Waals surface area contributed by atoms with Crippen molar-refractivity contribution >= 4 is 17.5 Å². The van der Waals surface area contributed by atoms with Crippen molar-refractivity contribution in [2.45, 2.75) is 72.0 Å². The van der Waals surface area contributed by atoms with Crippen LogP contribution < -0.4 is 0 Å². The van der Waals surface area contributed by atoms with Gasteiger partial charge in [-0.15, -0.1) is 0 Å². The van der Waals surface area contributed by atoms with Crippen LogP contribution in [0.4, 0.5) is 0 Å². The lowest BCUT2D eigenvalue weighted by molar-refractivity contribution is -0.133. The molecule has 3 unspecified atom stereocenters. The lowest BCUT2D eigenvalue weighted by Gasteiger charge is -2.43. The van der Waals surface area contributed by atoms with Crippen molar-refractivity contribution < 1.29 is 4.79 Å². The Hall–Kier alpha value is -0.0200. The molecule has 0 aromatic carbocycles. The predicted octanol–water partition coefficient (Wildman–Crippen LogP) is 3.60. The van der Waals surface area contributed by atoms with Gasteiger partial charge in [0.25, 0.3) is 0 Å². The van der Waals surface area contributed by atoms with E-state index in [-0.39, 0.29) is 17.0 Å². The van der Waals surface area contributed by atoms with E-state index in [2.05, 4.69) is 58.2 Å². The molecule has 2 aliphatic rings. The Kier molecular flexibility index (Phi) is 4.10. The summed E-state index contributed by atoms with van der Waals surface area (Å²) in [7, 11) is 0. The van der Waals surface area contributed by atoms with E-state index in [4.69, 9.17) is 0 Å². The summed E-state index contributed by atoms with van der Waals surface area (Å²) in [5.41, 5.74) is -0.141. The molecule has 0 aliphatic carbocycles. The molecule has 2 heterocycles. The summed E-state index contributed by atoms with van der Waals surface area (Å²) in [5.74, 6) is 3.64. The number of fused-ring (bicyclic) bond motifs is 1. The molecule has 0 N–H and O–H groups in total. The average Bonchev–Trinajstić information content (AvgIpc) is 2.64. The molecule has 2 rings (SSSR count). The number of ketones is 1. The van der Waals surface area contributed by atoms with E-state index < -0.39 is 0 Å². The quantitative estimate of drug-likeness (QED) is 0.733. The summed E-state index contributed by atoms with van der Waals surface area (Å²) >= 11 is 2.06. The number of carbonyl (C=O) groups is 1. The molecule has 2 fully saturated rings. The molecular weight excluding hydrogens is 254 g/mol. The molecule has 0 amide bonds. The van der Waals surface area contributed by atoms with Gasteiger partial charge in [0.15, 0.2) is 5.78 Å². The van der Waals surface area contributed by atoms with Gasteiger partial charge in [-0.25, -0.2) is 0 Å². The molecule has 2 saturated heterocycles. The van der Waals surface area contributed by atoms with Gasteiger partial charge in [-0.05, 0) is 45.3 Å². The number of hydrogen-bond donors (Lipinski definition) is 0. The fraction of sp³-hybridized carbons (Fsp3) is 0.938. The highest BCUT2D eigenvalue weighted by atomic mass is 32.2. The first-order valence-corrected chi connectivity index (χ1v) is 8.68. The summed E-state index contributed by atoms with van der Waals surface area (Å²) in [4.78, 5) is 15.4. The second-order valence-corrected chi connectivity index (χ2v) is 9.28. The fourth-order valence-electron chi connectivity index (χ4n) is 3.68. The minimum Gasteiger partial charge on any atom is -0.297 e. The zero-order valence-corrected chi connectivity index (χ0v) is 14.1. The Morgan fingerprint density at radius 3 is 2.32 bits per heavy atom. The monoisotopic (exact) mass is 283 g/mol. The minimum atomic E-state index is -0.227. The van der Waals surface area contributed by atoms with E-state index in [0.717, 1.165) is 12.3 Å². The van der Waals surface area contributed by atoms with Crippen LogP contribution in [0.5, 0.6) is 0 Å². The molecule has 3 heteroatoms. The van der Waals surface area contributed by atoms with Gasteiger partial charge >= 0.3 is 0 Å². The van der Waals surface area contributed by atoms with Crippen molar-refractivity contribution in [1.82, 2.24) is 4.90 Å². The molecule has 2 aliphatic heterocycles. The lowest BCUT2D eigenvalue weighted by atomic mass is 9.83. The molecule has 3 atom stereocenters. The summed E-state index contributed by atoms with van der Waals surface area (Å²) in [5, 5.41) is 0. The first kappa shape index (κ1) is 15.4. The molecule has 0 spiro atoms. The largest absolute Gasteiger partial charge is 0.297 e. The van der Waals surface area contributed by atoms with Crippen LogP contribution in [-0.2, 0) is 4.79 Å². The van der Waals surface area contributed by atoms with Gasteiger partial charge in [-0.3, -0.25) is 9.69 Å². The third-order valence-electron chi connectivity index (χ3n) is 4.50. The van der Waals surface area contributed by atoms with Crippen molar-refractivity contribution in [3.63, 3.8) is 0 Å². The Bertz CT molecular complexity index is 353. The molecule has 0 saturated carbocycles. The van der Waals surface area contributed by atoms with Crippen molar-refractivity contribution in [2.24, 2.45) is 11.3 Å². The van der Waals surface area contributed by atoms with E-state index >= 15 is 0 Å². The van der Waals surface area contributed by atoms with Gasteiger partial charge in [0, 0.05) is 22.7 Å². The van der Waals surface area contributed by atoms with Gasteiger partial charge in [-0.1, -0.05) is 20.8 Å². The third kappa shape index (κ3) is 3.02. The molecular formula is C16H29NOS. The first-order valence-electron chi connectivity index (χ1n) is 7.53. The van der Waals surface area contributed by atoms with Crippen molar-refractivity contribution in [2.75, 3.05) is 11.5 Å². The van der Waals surface area contributed by atoms with Crippen LogP contribution in [0.1, 0.15) is 54.4 Å². The Morgan fingerprint density at radius 2 is 1.79 bits per heavy atom. The maximum absolute atomic E-state index is 12.8. The van der Waals surface area contributed by atoms with Crippen LogP contribution >= 0.6 is 11.8 Å². The van der Waals surface area contributed by atoms with Crippen LogP contribution in [0, 0.1) is 11.3 Å². The predicted molar refractivity (Wildman–Crippen MR) is 83.7 cm³/mol. The average molecular weight is 283 g/mol. The van der Waals surface area contributed by atoms with Crippen LogP contribution in [-0.4, -0.2) is 39.8 Å². The maximum atomic E-state index is 12.8. The lowest BCUT2D eigenvalue weighted by Crippen LogP contribution is -2.55. The van der Waals surface area contributed by atoms with E-state index in [1.807, 2.05) is 0 Å². The zero-order chi connectivity index (χ0) is 14.4. The number of likely N-dealkylation sites (tertiary alicyclic amines) is 1. The summed E-state index contributed by atoms with van der Waals surface area (Å²) in [6, 6.07) is 0.740. The number of hydrogen-bond acceptors (Lipinski definition) is 3. The van der Waals surface area contributed by atoms with Crippen LogP contribution in [0.3, 0.4) is 0 Å². The van der Waals surface area contributed by atoms with Crippen LogP contribution in [0.15, 0.2) is 0 Å². The first-order chi connectivity index (χ1) is 8.62. The van der Waals surface area contributed by atoms with Crippen molar-refractivity contribution in [1.29, 1.82) is 0 Å². The number of Topliss-reactive ketones (excluding diaryl/α,β-unsaturated/α-hetero) is 1.